The summed E-state index contributed by atoms with van der Waals surface area (Å²) < 4.78 is 0. The summed E-state index contributed by atoms with van der Waals surface area (Å²) in [5.41, 5.74) is 1.46. The molecule has 1 aliphatic carbocycles. The summed E-state index contributed by atoms with van der Waals surface area (Å²) in [6, 6.07) is 0. The fourth-order valence-corrected chi connectivity index (χ4v) is 2.76. The number of hydrogen-bond acceptors (Lipinski definition) is 6. The number of fused-ring (bicyclic) bond motifs is 1. The number of aliphatic hydroxyl groups excluding tert-OH is 1. The summed E-state index contributed by atoms with van der Waals surface area (Å²) in [7, 11) is 0. The van der Waals surface area contributed by atoms with E-state index in [0.29, 0.717) is 17.5 Å². The predicted octanol–water partition coefficient (Wildman–Crippen LogP) is 1.75. The zero-order valence-corrected chi connectivity index (χ0v) is 12.3. The van der Waals surface area contributed by atoms with Crippen molar-refractivity contribution in [3.63, 3.8) is 0 Å². The number of imidazole rings is 1. The van der Waals surface area contributed by atoms with Crippen LogP contribution in [0.3, 0.4) is 0 Å². The molecule has 1 saturated carbocycles. The molecule has 2 atom stereocenters. The second-order valence-electron chi connectivity index (χ2n) is 5.56. The van der Waals surface area contributed by atoms with E-state index in [-0.39, 0.29) is 6.10 Å². The van der Waals surface area contributed by atoms with Crippen LogP contribution in [0.2, 0.25) is 0 Å². The van der Waals surface area contributed by atoms with Crippen LogP contribution in [0.4, 0.5) is 11.8 Å². The molecule has 4 N–H and O–H groups in total. The molecule has 114 valence electrons. The van der Waals surface area contributed by atoms with Crippen molar-refractivity contribution in [2.75, 3.05) is 23.7 Å². The zero-order chi connectivity index (χ0) is 14.7. The molecule has 0 aromatic carbocycles. The number of aliphatic hydroxyl groups is 1. The molecule has 0 radical (unpaired) electrons. The predicted molar refractivity (Wildman–Crippen MR) is 82.3 cm³/mol. The Morgan fingerprint density at radius 1 is 1.33 bits per heavy atom. The third-order valence-corrected chi connectivity index (χ3v) is 3.97. The quantitative estimate of drug-likeness (QED) is 0.647. The van der Waals surface area contributed by atoms with Crippen molar-refractivity contribution >= 4 is 22.9 Å². The second kappa shape index (κ2) is 6.26. The molecule has 2 heterocycles. The third-order valence-electron chi connectivity index (χ3n) is 3.97. The highest BCUT2D eigenvalue weighted by molar-refractivity contribution is 5.83. The molecular weight excluding hydrogens is 268 g/mol. The summed E-state index contributed by atoms with van der Waals surface area (Å²) in [6.45, 7) is 3.65. The lowest BCUT2D eigenvalue weighted by atomic mass is 10.1. The van der Waals surface area contributed by atoms with Crippen molar-refractivity contribution in [2.24, 2.45) is 5.92 Å². The monoisotopic (exact) mass is 290 g/mol. The first-order chi connectivity index (χ1) is 10.3. The first-order valence-corrected chi connectivity index (χ1v) is 7.65. The molecule has 2 unspecified atom stereocenters. The Morgan fingerprint density at radius 2 is 2.24 bits per heavy atom. The summed E-state index contributed by atoms with van der Waals surface area (Å²) in [5, 5.41) is 16.4. The molecule has 1 aliphatic rings. The maximum atomic E-state index is 9.91. The van der Waals surface area contributed by atoms with Gasteiger partial charge in [0.2, 0.25) is 5.95 Å². The van der Waals surface area contributed by atoms with E-state index in [0.717, 1.165) is 50.1 Å². The van der Waals surface area contributed by atoms with Crippen molar-refractivity contribution < 1.29 is 5.11 Å². The Bertz CT molecular complexity index is 598. The Hall–Kier alpha value is -1.89. The van der Waals surface area contributed by atoms with Crippen LogP contribution in [-0.2, 0) is 0 Å². The first kappa shape index (κ1) is 14.1. The highest BCUT2D eigenvalue weighted by Crippen LogP contribution is 2.26. The average molecular weight is 290 g/mol. The molecule has 0 aliphatic heterocycles. The fraction of sp³-hybridized carbons (Fsp3) is 0.643. The van der Waals surface area contributed by atoms with Gasteiger partial charge in [-0.05, 0) is 19.3 Å². The molecule has 0 amide bonds. The number of hydrogen-bond donors (Lipinski definition) is 4. The summed E-state index contributed by atoms with van der Waals surface area (Å²) in [5.74, 6) is 1.63. The van der Waals surface area contributed by atoms with Crippen LogP contribution in [0, 0.1) is 5.92 Å². The molecule has 2 aromatic heterocycles. The van der Waals surface area contributed by atoms with Crippen molar-refractivity contribution in [1.82, 2.24) is 19.9 Å². The molecule has 2 aromatic rings. The van der Waals surface area contributed by atoms with Gasteiger partial charge in [0.15, 0.2) is 11.5 Å². The van der Waals surface area contributed by atoms with Gasteiger partial charge in [0.25, 0.3) is 0 Å². The number of anilines is 2. The van der Waals surface area contributed by atoms with E-state index >= 15 is 0 Å². The molecule has 1 fully saturated rings. The van der Waals surface area contributed by atoms with Gasteiger partial charge in [0.1, 0.15) is 5.52 Å². The molecule has 7 heteroatoms. The highest BCUT2D eigenvalue weighted by atomic mass is 16.3. The highest BCUT2D eigenvalue weighted by Gasteiger charge is 2.25. The lowest BCUT2D eigenvalue weighted by molar-refractivity contribution is 0.138. The van der Waals surface area contributed by atoms with Crippen molar-refractivity contribution in [3.8, 4) is 0 Å². The maximum absolute atomic E-state index is 9.91. The summed E-state index contributed by atoms with van der Waals surface area (Å²) >= 11 is 0. The number of H-pyrrole nitrogens is 1. The van der Waals surface area contributed by atoms with Gasteiger partial charge < -0.3 is 20.7 Å². The van der Waals surface area contributed by atoms with Crippen LogP contribution in [0.15, 0.2) is 6.33 Å². The summed E-state index contributed by atoms with van der Waals surface area (Å²) in [6.07, 6.45) is 5.50. The molecule has 3 rings (SSSR count). The molecule has 0 bridgehead atoms. The van der Waals surface area contributed by atoms with E-state index in [1.54, 1.807) is 6.33 Å². The van der Waals surface area contributed by atoms with E-state index in [1.165, 1.54) is 0 Å². The normalized spacial score (nSPS) is 21.8. The van der Waals surface area contributed by atoms with Gasteiger partial charge in [-0.2, -0.15) is 9.97 Å². The smallest absolute Gasteiger partial charge is 0.226 e. The SMILES string of the molecule is CCCNc1nc(NCC2CCCC2O)c2[nH]cnc2n1. The second-order valence-corrected chi connectivity index (χ2v) is 5.56. The van der Waals surface area contributed by atoms with E-state index < -0.39 is 0 Å². The van der Waals surface area contributed by atoms with Gasteiger partial charge in [-0.3, -0.25) is 0 Å². The average Bonchev–Trinajstić information content (AvgIpc) is 3.11. The lowest BCUT2D eigenvalue weighted by Crippen LogP contribution is -2.22. The molecule has 0 spiro atoms. The third kappa shape index (κ3) is 3.07. The van der Waals surface area contributed by atoms with Gasteiger partial charge in [0, 0.05) is 19.0 Å². The fourth-order valence-electron chi connectivity index (χ4n) is 2.76. The van der Waals surface area contributed by atoms with E-state index in [1.807, 2.05) is 0 Å². The summed E-state index contributed by atoms with van der Waals surface area (Å²) in [4.78, 5) is 16.2. The standard InChI is InChI=1S/C14H22N6O/c1-2-6-15-14-19-12(11-13(20-14)18-8-17-11)16-7-9-4-3-5-10(9)21/h8-10,21H,2-7H2,1H3,(H3,15,16,17,18,19,20). The minimum absolute atomic E-state index is 0.200. The first-order valence-electron chi connectivity index (χ1n) is 7.65. The minimum atomic E-state index is -0.200. The van der Waals surface area contributed by atoms with Crippen LogP contribution >= 0.6 is 0 Å². The van der Waals surface area contributed by atoms with Crippen LogP contribution in [0.1, 0.15) is 32.6 Å². The van der Waals surface area contributed by atoms with Gasteiger partial charge in [-0.1, -0.05) is 13.3 Å². The Balaban J connectivity index is 1.77. The number of nitrogens with one attached hydrogen (secondary N) is 3. The van der Waals surface area contributed by atoms with E-state index in [2.05, 4.69) is 37.5 Å². The number of nitrogens with zero attached hydrogens (tertiary/aromatic N) is 3. The van der Waals surface area contributed by atoms with Gasteiger partial charge in [0.05, 0.1) is 12.4 Å². The minimum Gasteiger partial charge on any atom is -0.393 e. The van der Waals surface area contributed by atoms with Crippen molar-refractivity contribution in [3.05, 3.63) is 6.33 Å². The molecule has 0 saturated heterocycles. The van der Waals surface area contributed by atoms with Gasteiger partial charge in [-0.25, -0.2) is 4.98 Å². The molecule has 21 heavy (non-hydrogen) atoms. The van der Waals surface area contributed by atoms with Crippen LogP contribution in [0.5, 0.6) is 0 Å². The number of aromatic amines is 1. The van der Waals surface area contributed by atoms with E-state index in [9.17, 15) is 5.11 Å². The largest absolute Gasteiger partial charge is 0.393 e. The maximum Gasteiger partial charge on any atom is 0.226 e. The number of rotatable bonds is 6. The Morgan fingerprint density at radius 3 is 3.00 bits per heavy atom. The Kier molecular flexibility index (Phi) is 4.19. The van der Waals surface area contributed by atoms with Crippen molar-refractivity contribution in [2.45, 2.75) is 38.7 Å². The van der Waals surface area contributed by atoms with Gasteiger partial charge in [-0.15, -0.1) is 0 Å². The Labute approximate surface area is 123 Å². The van der Waals surface area contributed by atoms with Gasteiger partial charge >= 0.3 is 0 Å². The van der Waals surface area contributed by atoms with Crippen molar-refractivity contribution in [1.29, 1.82) is 0 Å². The lowest BCUT2D eigenvalue weighted by Gasteiger charge is -2.16. The van der Waals surface area contributed by atoms with Crippen LogP contribution in [-0.4, -0.2) is 44.2 Å². The topological polar surface area (TPSA) is 98.8 Å². The number of aromatic nitrogens is 4. The van der Waals surface area contributed by atoms with E-state index in [4.69, 9.17) is 0 Å². The molecule has 7 nitrogen and oxygen atoms in total. The molecular formula is C14H22N6O. The van der Waals surface area contributed by atoms with Crippen LogP contribution in [0.25, 0.3) is 11.2 Å². The van der Waals surface area contributed by atoms with Crippen LogP contribution < -0.4 is 10.6 Å². The zero-order valence-electron chi connectivity index (χ0n) is 12.3.